The van der Waals surface area contributed by atoms with E-state index in [1.165, 1.54) is 7.11 Å². The number of carbonyl (C=O) groups excluding carboxylic acids is 1. The first-order chi connectivity index (χ1) is 13.4. The zero-order chi connectivity index (χ0) is 20.7. The smallest absolute Gasteiger partial charge is 0.338 e. The molecule has 150 valence electrons. The second-order valence-corrected chi connectivity index (χ2v) is 6.55. The summed E-state index contributed by atoms with van der Waals surface area (Å²) in [6.07, 6.45) is 0.818. The highest BCUT2D eigenvalue weighted by Gasteiger charge is 2.16. The van der Waals surface area contributed by atoms with Gasteiger partial charge in [0.15, 0.2) is 16.6 Å². The molecule has 1 atom stereocenters. The van der Waals surface area contributed by atoms with Crippen molar-refractivity contribution in [3.05, 3.63) is 53.1 Å². The number of nitrogens with one attached hydrogen (secondary N) is 2. The van der Waals surface area contributed by atoms with Crippen molar-refractivity contribution in [1.29, 1.82) is 0 Å². The van der Waals surface area contributed by atoms with Crippen LogP contribution in [0, 0.1) is 6.92 Å². The SMILES string of the molecule is CC[C@H](NC(=S)Nc1cccc(C(=O)OC)c1C)c1ccc(OC)c(OC)c1. The van der Waals surface area contributed by atoms with Crippen LogP contribution in [0.4, 0.5) is 5.69 Å². The fraction of sp³-hybridized carbons (Fsp3) is 0.333. The number of rotatable bonds is 7. The van der Waals surface area contributed by atoms with Crippen LogP contribution in [-0.4, -0.2) is 32.4 Å². The van der Waals surface area contributed by atoms with Crippen LogP contribution in [0.15, 0.2) is 36.4 Å². The first-order valence-electron chi connectivity index (χ1n) is 8.92. The minimum Gasteiger partial charge on any atom is -0.493 e. The van der Waals surface area contributed by atoms with Crippen molar-refractivity contribution in [3.8, 4) is 11.5 Å². The number of esters is 1. The lowest BCUT2D eigenvalue weighted by Crippen LogP contribution is -2.32. The molecule has 0 aliphatic heterocycles. The number of hydrogen-bond donors (Lipinski definition) is 2. The summed E-state index contributed by atoms with van der Waals surface area (Å²) in [4.78, 5) is 11.9. The van der Waals surface area contributed by atoms with Gasteiger partial charge in [0, 0.05) is 5.69 Å². The van der Waals surface area contributed by atoms with E-state index in [4.69, 9.17) is 26.4 Å². The normalized spacial score (nSPS) is 11.3. The summed E-state index contributed by atoms with van der Waals surface area (Å²) in [5.41, 5.74) is 3.06. The lowest BCUT2D eigenvalue weighted by molar-refractivity contribution is 0.0600. The zero-order valence-corrected chi connectivity index (χ0v) is 17.6. The van der Waals surface area contributed by atoms with Crippen LogP contribution < -0.4 is 20.1 Å². The lowest BCUT2D eigenvalue weighted by Gasteiger charge is -2.22. The summed E-state index contributed by atoms with van der Waals surface area (Å²) in [5, 5.41) is 6.95. The summed E-state index contributed by atoms with van der Waals surface area (Å²) >= 11 is 5.49. The van der Waals surface area contributed by atoms with Crippen molar-refractivity contribution in [2.75, 3.05) is 26.6 Å². The van der Waals surface area contributed by atoms with Crippen molar-refractivity contribution >= 4 is 29.0 Å². The Balaban J connectivity index is 2.16. The number of carbonyl (C=O) groups is 1. The van der Waals surface area contributed by atoms with E-state index in [0.717, 1.165) is 23.2 Å². The second-order valence-electron chi connectivity index (χ2n) is 6.14. The van der Waals surface area contributed by atoms with E-state index >= 15 is 0 Å². The molecular weight excluding hydrogens is 376 g/mol. The molecule has 0 spiro atoms. The average Bonchev–Trinajstić information content (AvgIpc) is 2.72. The van der Waals surface area contributed by atoms with E-state index in [9.17, 15) is 4.79 Å². The van der Waals surface area contributed by atoms with Crippen LogP contribution in [0.3, 0.4) is 0 Å². The van der Waals surface area contributed by atoms with Crippen LogP contribution in [0.5, 0.6) is 11.5 Å². The topological polar surface area (TPSA) is 68.8 Å². The van der Waals surface area contributed by atoms with E-state index in [1.807, 2.05) is 31.2 Å². The van der Waals surface area contributed by atoms with Crippen LogP contribution in [0.2, 0.25) is 0 Å². The highest BCUT2D eigenvalue weighted by molar-refractivity contribution is 7.80. The van der Waals surface area contributed by atoms with Crippen LogP contribution in [-0.2, 0) is 4.74 Å². The third-order valence-electron chi connectivity index (χ3n) is 4.51. The highest BCUT2D eigenvalue weighted by Crippen LogP contribution is 2.31. The molecule has 0 aliphatic rings. The summed E-state index contributed by atoms with van der Waals surface area (Å²) in [6.45, 7) is 3.92. The molecule has 0 aliphatic carbocycles. The Bertz CT molecular complexity index is 854. The second kappa shape index (κ2) is 9.94. The predicted octanol–water partition coefficient (Wildman–Crippen LogP) is 4.24. The quantitative estimate of drug-likeness (QED) is 0.530. The number of anilines is 1. The largest absolute Gasteiger partial charge is 0.493 e. The zero-order valence-electron chi connectivity index (χ0n) is 16.8. The van der Waals surface area contributed by atoms with Gasteiger partial charge in [0.05, 0.1) is 32.9 Å². The molecule has 7 heteroatoms. The molecule has 0 amide bonds. The Morgan fingerprint density at radius 3 is 2.43 bits per heavy atom. The Labute approximate surface area is 171 Å². The van der Waals surface area contributed by atoms with Gasteiger partial charge in [0.25, 0.3) is 0 Å². The van der Waals surface area contributed by atoms with Gasteiger partial charge in [-0.05, 0) is 61.0 Å². The molecule has 0 saturated carbocycles. The maximum Gasteiger partial charge on any atom is 0.338 e. The van der Waals surface area contributed by atoms with E-state index < -0.39 is 0 Å². The van der Waals surface area contributed by atoms with Gasteiger partial charge >= 0.3 is 5.97 Å². The predicted molar refractivity (Wildman–Crippen MR) is 114 cm³/mol. The minimum absolute atomic E-state index is 0.0103. The molecule has 2 aromatic carbocycles. The summed E-state index contributed by atoms with van der Waals surface area (Å²) < 4.78 is 15.5. The third kappa shape index (κ3) is 4.92. The van der Waals surface area contributed by atoms with Gasteiger partial charge in [-0.15, -0.1) is 0 Å². The van der Waals surface area contributed by atoms with Crippen molar-refractivity contribution in [2.45, 2.75) is 26.3 Å². The van der Waals surface area contributed by atoms with E-state index in [-0.39, 0.29) is 12.0 Å². The molecular formula is C21H26N2O4S. The fourth-order valence-electron chi connectivity index (χ4n) is 2.91. The van der Waals surface area contributed by atoms with E-state index in [2.05, 4.69) is 17.6 Å². The van der Waals surface area contributed by atoms with Gasteiger partial charge in [0.2, 0.25) is 0 Å². The third-order valence-corrected chi connectivity index (χ3v) is 4.73. The molecule has 2 N–H and O–H groups in total. The molecule has 0 heterocycles. The first kappa shape index (κ1) is 21.5. The van der Waals surface area contributed by atoms with Gasteiger partial charge in [-0.2, -0.15) is 0 Å². The molecule has 0 unspecified atom stereocenters. The number of ether oxygens (including phenoxy) is 3. The molecule has 28 heavy (non-hydrogen) atoms. The summed E-state index contributed by atoms with van der Waals surface area (Å²) in [5.74, 6) is 0.967. The highest BCUT2D eigenvalue weighted by atomic mass is 32.1. The minimum atomic E-state index is -0.378. The van der Waals surface area contributed by atoms with Crippen molar-refractivity contribution in [2.24, 2.45) is 0 Å². The average molecular weight is 403 g/mol. The van der Waals surface area contributed by atoms with E-state index in [0.29, 0.717) is 22.2 Å². The molecule has 2 aromatic rings. The molecule has 2 rings (SSSR count). The lowest BCUT2D eigenvalue weighted by atomic mass is 10.0. The van der Waals surface area contributed by atoms with Crippen molar-refractivity contribution in [3.63, 3.8) is 0 Å². The molecule has 0 saturated heterocycles. The molecule has 0 bridgehead atoms. The monoisotopic (exact) mass is 402 g/mol. The van der Waals surface area contributed by atoms with Crippen molar-refractivity contribution < 1.29 is 19.0 Å². The van der Waals surface area contributed by atoms with Crippen LogP contribution in [0.1, 0.15) is 40.9 Å². The Morgan fingerprint density at radius 2 is 1.82 bits per heavy atom. The molecule has 0 radical (unpaired) electrons. The summed E-state index contributed by atoms with van der Waals surface area (Å²) in [6, 6.07) is 11.2. The van der Waals surface area contributed by atoms with Gasteiger partial charge < -0.3 is 24.8 Å². The number of benzene rings is 2. The molecule has 6 nitrogen and oxygen atoms in total. The van der Waals surface area contributed by atoms with Gasteiger partial charge in [-0.3, -0.25) is 0 Å². The van der Waals surface area contributed by atoms with Gasteiger partial charge in [-0.25, -0.2) is 4.79 Å². The maximum atomic E-state index is 11.9. The van der Waals surface area contributed by atoms with Crippen LogP contribution >= 0.6 is 12.2 Å². The summed E-state index contributed by atoms with van der Waals surface area (Å²) in [7, 11) is 4.58. The fourth-order valence-corrected chi connectivity index (χ4v) is 3.16. The molecule has 0 fully saturated rings. The Hall–Kier alpha value is -2.80. The van der Waals surface area contributed by atoms with E-state index in [1.54, 1.807) is 26.4 Å². The Morgan fingerprint density at radius 1 is 1.11 bits per heavy atom. The number of methoxy groups -OCH3 is 3. The van der Waals surface area contributed by atoms with Gasteiger partial charge in [0.1, 0.15) is 0 Å². The maximum absolute atomic E-state index is 11.9. The molecule has 0 aromatic heterocycles. The standard InChI is InChI=1S/C21H26N2O4S/c1-6-16(14-10-11-18(25-3)19(12-14)26-4)22-21(28)23-17-9-7-8-15(13(17)2)20(24)27-5/h7-12,16H,6H2,1-5H3,(H2,22,23,28)/t16-/m0/s1. The number of hydrogen-bond acceptors (Lipinski definition) is 5. The number of thiocarbonyl (C=S) groups is 1. The Kier molecular flexibility index (Phi) is 7.63. The first-order valence-corrected chi connectivity index (χ1v) is 9.33. The van der Waals surface area contributed by atoms with Crippen LogP contribution in [0.25, 0.3) is 0 Å². The van der Waals surface area contributed by atoms with Crippen molar-refractivity contribution in [1.82, 2.24) is 5.32 Å². The van der Waals surface area contributed by atoms with Gasteiger partial charge in [-0.1, -0.05) is 19.1 Å².